The van der Waals surface area contributed by atoms with Crippen LogP contribution in [0.3, 0.4) is 0 Å². The minimum Gasteiger partial charge on any atom is -0.504 e. The van der Waals surface area contributed by atoms with Gasteiger partial charge < -0.3 is 14.4 Å². The van der Waals surface area contributed by atoms with E-state index in [9.17, 15) is 19.5 Å². The predicted octanol–water partition coefficient (Wildman–Crippen LogP) is 2.29. The quantitative estimate of drug-likeness (QED) is 0.850. The van der Waals surface area contributed by atoms with E-state index in [1.165, 1.54) is 18.2 Å². The number of hydrogen-bond acceptors (Lipinski definition) is 5. The molecule has 0 saturated carbocycles. The maximum atomic E-state index is 12.4. The fraction of sp³-hybridized carbons (Fsp3) is 0.389. The Balaban J connectivity index is 2.82. The van der Waals surface area contributed by atoms with Gasteiger partial charge in [0.1, 0.15) is 5.69 Å². The van der Waals surface area contributed by atoms with Crippen LogP contribution in [0.2, 0.25) is 0 Å². The van der Waals surface area contributed by atoms with Crippen molar-refractivity contribution in [2.45, 2.75) is 33.7 Å². The molecule has 0 amide bonds. The molecule has 0 aliphatic carbocycles. The average molecular weight is 331 g/mol. The molecule has 1 N–H and O–H groups in total. The Hall–Kier alpha value is -2.63. The van der Waals surface area contributed by atoms with Crippen molar-refractivity contribution < 1.29 is 14.6 Å². The molecule has 2 rings (SSSR count). The molecular weight excluding hydrogens is 310 g/mol. The first-order valence-corrected chi connectivity index (χ1v) is 7.93. The van der Waals surface area contributed by atoms with Crippen LogP contribution in [0, 0.1) is 5.92 Å². The van der Waals surface area contributed by atoms with Crippen LogP contribution in [0.5, 0.6) is 5.75 Å². The minimum atomic E-state index is -0.638. The lowest BCUT2D eigenvalue weighted by atomic mass is 10.1. The van der Waals surface area contributed by atoms with Gasteiger partial charge in [0.15, 0.2) is 11.2 Å². The molecule has 0 spiro atoms. The molecule has 0 unspecified atom stereocenters. The summed E-state index contributed by atoms with van der Waals surface area (Å²) in [5, 5.41) is 9.80. The molecule has 0 bridgehead atoms. The van der Waals surface area contributed by atoms with E-state index in [0.29, 0.717) is 18.0 Å². The normalized spacial score (nSPS) is 11.0. The van der Waals surface area contributed by atoms with E-state index in [4.69, 9.17) is 4.74 Å². The third-order valence-corrected chi connectivity index (χ3v) is 3.73. The Kier molecular flexibility index (Phi) is 5.39. The summed E-state index contributed by atoms with van der Waals surface area (Å²) >= 11 is 0. The van der Waals surface area contributed by atoms with Crippen molar-refractivity contribution in [2.75, 3.05) is 6.61 Å². The summed E-state index contributed by atoms with van der Waals surface area (Å²) < 4.78 is 6.71. The number of aryl methyl sites for hydroxylation is 1. The number of rotatable bonds is 5. The van der Waals surface area contributed by atoms with Crippen molar-refractivity contribution in [2.24, 2.45) is 5.92 Å². The summed E-state index contributed by atoms with van der Waals surface area (Å²) in [6, 6.07) is 5.02. The zero-order valence-electron chi connectivity index (χ0n) is 14.0. The molecule has 6 nitrogen and oxygen atoms in total. The number of hydrogen-bond donors (Lipinski definition) is 1. The Morgan fingerprint density at radius 3 is 2.54 bits per heavy atom. The number of aromatic nitrogens is 1. The van der Waals surface area contributed by atoms with E-state index in [-0.39, 0.29) is 17.7 Å². The SMILES string of the molecule is CCOC(=O)c1cc(=O)c2cc(=O)c(O)ccc2n1CCC(C)C. The summed E-state index contributed by atoms with van der Waals surface area (Å²) in [6.45, 7) is 6.48. The molecule has 0 aliphatic heterocycles. The fourth-order valence-corrected chi connectivity index (χ4v) is 2.45. The molecule has 0 atom stereocenters. The highest BCUT2D eigenvalue weighted by Gasteiger charge is 2.17. The van der Waals surface area contributed by atoms with Crippen molar-refractivity contribution in [1.82, 2.24) is 4.57 Å². The van der Waals surface area contributed by atoms with Gasteiger partial charge in [-0.1, -0.05) is 13.8 Å². The van der Waals surface area contributed by atoms with Gasteiger partial charge in [0.2, 0.25) is 5.43 Å². The Morgan fingerprint density at radius 1 is 1.21 bits per heavy atom. The van der Waals surface area contributed by atoms with Crippen molar-refractivity contribution in [1.29, 1.82) is 0 Å². The average Bonchev–Trinajstić information content (AvgIpc) is 2.67. The lowest BCUT2D eigenvalue weighted by Gasteiger charge is -2.16. The van der Waals surface area contributed by atoms with Crippen LogP contribution in [0.15, 0.2) is 33.9 Å². The largest absolute Gasteiger partial charge is 0.504 e. The molecule has 0 saturated heterocycles. The number of fused-ring (bicyclic) bond motifs is 1. The van der Waals surface area contributed by atoms with Gasteiger partial charge in [-0.05, 0) is 31.4 Å². The van der Waals surface area contributed by atoms with Crippen LogP contribution >= 0.6 is 0 Å². The van der Waals surface area contributed by atoms with Crippen molar-refractivity contribution in [3.63, 3.8) is 0 Å². The van der Waals surface area contributed by atoms with E-state index >= 15 is 0 Å². The Bertz CT molecular complexity index is 883. The van der Waals surface area contributed by atoms with E-state index in [1.54, 1.807) is 11.5 Å². The second kappa shape index (κ2) is 7.29. The second-order valence-corrected chi connectivity index (χ2v) is 5.97. The third-order valence-electron chi connectivity index (χ3n) is 3.73. The second-order valence-electron chi connectivity index (χ2n) is 5.97. The summed E-state index contributed by atoms with van der Waals surface area (Å²) in [4.78, 5) is 36.4. The van der Waals surface area contributed by atoms with E-state index in [2.05, 4.69) is 13.8 Å². The van der Waals surface area contributed by atoms with E-state index < -0.39 is 22.6 Å². The zero-order valence-corrected chi connectivity index (χ0v) is 14.0. The first kappa shape index (κ1) is 17.7. The van der Waals surface area contributed by atoms with Gasteiger partial charge in [0.05, 0.1) is 12.1 Å². The molecule has 6 heteroatoms. The zero-order chi connectivity index (χ0) is 17.9. The highest BCUT2D eigenvalue weighted by molar-refractivity contribution is 5.91. The number of carbonyl (C=O) groups is 1. The summed E-state index contributed by atoms with van der Waals surface area (Å²) in [6.07, 6.45) is 0.777. The first-order chi connectivity index (χ1) is 11.3. The number of aromatic hydroxyl groups is 1. The third kappa shape index (κ3) is 3.64. The van der Waals surface area contributed by atoms with Gasteiger partial charge in [0.25, 0.3) is 0 Å². The molecule has 2 aromatic rings. The highest BCUT2D eigenvalue weighted by Crippen LogP contribution is 2.16. The van der Waals surface area contributed by atoms with Gasteiger partial charge in [0, 0.05) is 24.1 Å². The van der Waals surface area contributed by atoms with Gasteiger partial charge in [-0.15, -0.1) is 0 Å². The molecule has 0 fully saturated rings. The molecule has 0 radical (unpaired) electrons. The molecular formula is C18H21NO5. The first-order valence-electron chi connectivity index (χ1n) is 7.93. The van der Waals surface area contributed by atoms with Crippen LogP contribution in [0.25, 0.3) is 10.9 Å². The fourth-order valence-electron chi connectivity index (χ4n) is 2.45. The maximum Gasteiger partial charge on any atom is 0.355 e. The number of nitrogens with zero attached hydrogens (tertiary/aromatic N) is 1. The van der Waals surface area contributed by atoms with Crippen LogP contribution in [-0.4, -0.2) is 22.2 Å². The molecule has 1 aromatic heterocycles. The molecule has 0 aliphatic rings. The lowest BCUT2D eigenvalue weighted by Crippen LogP contribution is -2.20. The van der Waals surface area contributed by atoms with Crippen LogP contribution < -0.4 is 10.9 Å². The van der Waals surface area contributed by atoms with Crippen molar-refractivity contribution in [3.8, 4) is 5.75 Å². The van der Waals surface area contributed by atoms with Crippen molar-refractivity contribution >= 4 is 16.9 Å². The Labute approximate surface area is 139 Å². The van der Waals surface area contributed by atoms with Gasteiger partial charge in [-0.3, -0.25) is 9.59 Å². The van der Waals surface area contributed by atoms with Crippen molar-refractivity contribution in [3.05, 3.63) is 50.4 Å². The molecule has 24 heavy (non-hydrogen) atoms. The van der Waals surface area contributed by atoms with Crippen LogP contribution in [0.1, 0.15) is 37.7 Å². The summed E-state index contributed by atoms with van der Waals surface area (Å²) in [7, 11) is 0. The number of carbonyl (C=O) groups excluding carboxylic acids is 1. The monoisotopic (exact) mass is 331 g/mol. The van der Waals surface area contributed by atoms with Gasteiger partial charge in [-0.25, -0.2) is 4.79 Å². The van der Waals surface area contributed by atoms with E-state index in [0.717, 1.165) is 12.5 Å². The number of esters is 1. The summed E-state index contributed by atoms with van der Waals surface area (Å²) in [5.74, 6) is -0.646. The summed E-state index contributed by atoms with van der Waals surface area (Å²) in [5.41, 5.74) is -0.528. The molecule has 1 aromatic carbocycles. The van der Waals surface area contributed by atoms with E-state index in [1.807, 2.05) is 0 Å². The molecule has 128 valence electrons. The standard InChI is InChI=1S/C18H21NO5/c1-4-24-18(23)14-10-16(21)12-9-17(22)15(20)6-5-13(12)19(14)8-7-11(2)3/h5-6,9-11H,4,7-8H2,1-3H3,(H,20,22). The Morgan fingerprint density at radius 2 is 1.92 bits per heavy atom. The van der Waals surface area contributed by atoms with Crippen LogP contribution in [-0.2, 0) is 11.3 Å². The smallest absolute Gasteiger partial charge is 0.355 e. The number of pyridine rings is 1. The van der Waals surface area contributed by atoms with Crippen LogP contribution in [0.4, 0.5) is 0 Å². The maximum absolute atomic E-state index is 12.4. The minimum absolute atomic E-state index is 0.146. The highest BCUT2D eigenvalue weighted by atomic mass is 16.5. The topological polar surface area (TPSA) is 85.6 Å². The molecule has 1 heterocycles. The lowest BCUT2D eigenvalue weighted by molar-refractivity contribution is 0.0513. The van der Waals surface area contributed by atoms with Gasteiger partial charge >= 0.3 is 5.97 Å². The number of ether oxygens (including phenoxy) is 1. The van der Waals surface area contributed by atoms with Gasteiger partial charge in [-0.2, -0.15) is 0 Å². The predicted molar refractivity (Wildman–Crippen MR) is 91.6 cm³/mol.